The molecule has 1 aliphatic rings. The summed E-state index contributed by atoms with van der Waals surface area (Å²) < 4.78 is 0. The summed E-state index contributed by atoms with van der Waals surface area (Å²) in [4.78, 5) is 12.5. The monoisotopic (exact) mass is 276 g/mol. The van der Waals surface area contributed by atoms with Crippen LogP contribution in [-0.4, -0.2) is 18.0 Å². The highest BCUT2D eigenvalue weighted by atomic mass is 16.1. The second-order valence-electron chi connectivity index (χ2n) is 4.93. The van der Waals surface area contributed by atoms with Gasteiger partial charge < -0.3 is 5.43 Å². The molecule has 2 aromatic rings. The molecular formula is C18H16N2O. The number of hydrogen-bond acceptors (Lipinski definition) is 3. The molecule has 2 aromatic carbocycles. The maximum Gasteiger partial charge on any atom is 0.209 e. The minimum atomic E-state index is -0.0108. The Morgan fingerprint density at radius 1 is 1.05 bits per heavy atom. The van der Waals surface area contributed by atoms with Crippen molar-refractivity contribution >= 4 is 17.6 Å². The minimum absolute atomic E-state index is 0.0108. The van der Waals surface area contributed by atoms with E-state index in [1.165, 1.54) is 0 Å². The van der Waals surface area contributed by atoms with Gasteiger partial charge >= 0.3 is 0 Å². The Balaban J connectivity index is 1.77. The van der Waals surface area contributed by atoms with E-state index in [0.717, 1.165) is 5.56 Å². The highest BCUT2D eigenvalue weighted by Crippen LogP contribution is 2.14. The third-order valence-electron chi connectivity index (χ3n) is 3.45. The van der Waals surface area contributed by atoms with Gasteiger partial charge in [0.25, 0.3) is 0 Å². The van der Waals surface area contributed by atoms with Crippen molar-refractivity contribution in [1.29, 1.82) is 0 Å². The summed E-state index contributed by atoms with van der Waals surface area (Å²) in [6.07, 6.45) is 4.07. The van der Waals surface area contributed by atoms with Crippen LogP contribution in [0.2, 0.25) is 0 Å². The number of nitrogens with one attached hydrogen (secondary N) is 1. The molecule has 1 heterocycles. The summed E-state index contributed by atoms with van der Waals surface area (Å²) in [5, 5.41) is 4.17. The molecule has 1 atom stereocenters. The maximum absolute atomic E-state index is 12.5. The van der Waals surface area contributed by atoms with E-state index >= 15 is 0 Å². The Kier molecular flexibility index (Phi) is 3.92. The van der Waals surface area contributed by atoms with Gasteiger partial charge in [-0.25, -0.2) is 0 Å². The molecular weight excluding hydrogens is 260 g/mol. The molecule has 0 amide bonds. The molecule has 1 unspecified atom stereocenters. The summed E-state index contributed by atoms with van der Waals surface area (Å²) in [6, 6.07) is 19.3. The van der Waals surface area contributed by atoms with E-state index in [9.17, 15) is 4.79 Å². The summed E-state index contributed by atoms with van der Waals surface area (Å²) in [6.45, 7) is 0.664. The van der Waals surface area contributed by atoms with Gasteiger partial charge in [-0.1, -0.05) is 72.8 Å². The lowest BCUT2D eigenvalue weighted by molar-refractivity contribution is 0.106. The third kappa shape index (κ3) is 3.08. The average molecular weight is 276 g/mol. The van der Waals surface area contributed by atoms with Crippen LogP contribution in [0.3, 0.4) is 0 Å². The quantitative estimate of drug-likeness (QED) is 0.871. The number of carbonyl (C=O) groups excluding carboxylic acids is 1. The summed E-state index contributed by atoms with van der Waals surface area (Å²) in [5.41, 5.74) is 5.30. The van der Waals surface area contributed by atoms with Crippen LogP contribution in [-0.2, 0) is 0 Å². The van der Waals surface area contributed by atoms with Crippen LogP contribution in [0.1, 0.15) is 15.9 Å². The summed E-state index contributed by atoms with van der Waals surface area (Å²) in [5.74, 6) is 0.00113. The van der Waals surface area contributed by atoms with Gasteiger partial charge in [0.1, 0.15) is 5.71 Å². The number of hydrazone groups is 1. The lowest BCUT2D eigenvalue weighted by atomic mass is 9.95. The topological polar surface area (TPSA) is 41.5 Å². The predicted octanol–water partition coefficient (Wildman–Crippen LogP) is 3.16. The Labute approximate surface area is 124 Å². The lowest BCUT2D eigenvalue weighted by Crippen LogP contribution is -2.21. The van der Waals surface area contributed by atoms with E-state index in [-0.39, 0.29) is 11.7 Å². The SMILES string of the molecule is O=C(C1=NNCC1/C=C/c1ccccc1)c1ccccc1. The number of rotatable bonds is 4. The van der Waals surface area contributed by atoms with Gasteiger partial charge in [0.2, 0.25) is 5.78 Å². The summed E-state index contributed by atoms with van der Waals surface area (Å²) >= 11 is 0. The van der Waals surface area contributed by atoms with E-state index in [4.69, 9.17) is 0 Å². The van der Waals surface area contributed by atoms with Gasteiger partial charge in [-0.15, -0.1) is 0 Å². The fourth-order valence-corrected chi connectivity index (χ4v) is 2.32. The molecule has 1 aliphatic heterocycles. The smallest absolute Gasteiger partial charge is 0.209 e. The Morgan fingerprint density at radius 2 is 1.71 bits per heavy atom. The van der Waals surface area contributed by atoms with Crippen LogP contribution in [0.4, 0.5) is 0 Å². The molecule has 0 bridgehead atoms. The fraction of sp³-hybridized carbons (Fsp3) is 0.111. The second kappa shape index (κ2) is 6.18. The van der Waals surface area contributed by atoms with E-state index in [0.29, 0.717) is 17.8 Å². The van der Waals surface area contributed by atoms with E-state index in [2.05, 4.69) is 10.5 Å². The van der Waals surface area contributed by atoms with Crippen LogP contribution in [0.15, 0.2) is 71.8 Å². The molecule has 3 heteroatoms. The third-order valence-corrected chi connectivity index (χ3v) is 3.45. The van der Waals surface area contributed by atoms with Gasteiger partial charge in [-0.05, 0) is 5.56 Å². The molecule has 21 heavy (non-hydrogen) atoms. The van der Waals surface area contributed by atoms with Crippen LogP contribution in [0.25, 0.3) is 6.08 Å². The van der Waals surface area contributed by atoms with E-state index in [1.54, 1.807) is 0 Å². The van der Waals surface area contributed by atoms with Crippen LogP contribution in [0, 0.1) is 5.92 Å². The van der Waals surface area contributed by atoms with Crippen molar-refractivity contribution in [2.75, 3.05) is 6.54 Å². The van der Waals surface area contributed by atoms with Crippen LogP contribution in [0.5, 0.6) is 0 Å². The van der Waals surface area contributed by atoms with E-state index < -0.39 is 0 Å². The molecule has 0 radical (unpaired) electrons. The fourth-order valence-electron chi connectivity index (χ4n) is 2.32. The number of hydrogen-bond donors (Lipinski definition) is 1. The molecule has 0 aliphatic carbocycles. The predicted molar refractivity (Wildman–Crippen MR) is 85.2 cm³/mol. The van der Waals surface area contributed by atoms with Crippen molar-refractivity contribution in [3.05, 3.63) is 77.9 Å². The largest absolute Gasteiger partial charge is 0.309 e. The van der Waals surface area contributed by atoms with Gasteiger partial charge in [0.05, 0.1) is 0 Å². The first-order valence-electron chi connectivity index (χ1n) is 6.98. The zero-order valence-corrected chi connectivity index (χ0v) is 11.6. The first kappa shape index (κ1) is 13.3. The number of benzene rings is 2. The van der Waals surface area contributed by atoms with Crippen molar-refractivity contribution in [1.82, 2.24) is 5.43 Å². The van der Waals surface area contributed by atoms with Crippen molar-refractivity contribution in [2.24, 2.45) is 11.0 Å². The zero-order valence-electron chi connectivity index (χ0n) is 11.6. The van der Waals surface area contributed by atoms with Crippen molar-refractivity contribution in [3.8, 4) is 0 Å². The second-order valence-corrected chi connectivity index (χ2v) is 4.93. The van der Waals surface area contributed by atoms with Crippen molar-refractivity contribution < 1.29 is 4.79 Å². The normalized spacial score (nSPS) is 17.5. The van der Waals surface area contributed by atoms with Gasteiger partial charge in [0, 0.05) is 18.0 Å². The van der Waals surface area contributed by atoms with Crippen LogP contribution < -0.4 is 5.43 Å². The number of carbonyl (C=O) groups is 1. The maximum atomic E-state index is 12.5. The Bertz CT molecular complexity index is 675. The molecule has 0 spiro atoms. The minimum Gasteiger partial charge on any atom is -0.309 e. The molecule has 0 saturated carbocycles. The molecule has 0 saturated heterocycles. The average Bonchev–Trinajstić information content (AvgIpc) is 3.02. The molecule has 3 nitrogen and oxygen atoms in total. The standard InChI is InChI=1S/C18H16N2O/c21-18(15-9-5-2-6-10-15)17-16(13-19-20-17)12-11-14-7-3-1-4-8-14/h1-12,16,19H,13H2/b12-11+. The van der Waals surface area contributed by atoms with Crippen molar-refractivity contribution in [3.63, 3.8) is 0 Å². The highest BCUT2D eigenvalue weighted by Gasteiger charge is 2.25. The van der Waals surface area contributed by atoms with Gasteiger partial charge in [-0.3, -0.25) is 4.79 Å². The van der Waals surface area contributed by atoms with E-state index in [1.807, 2.05) is 72.8 Å². The Morgan fingerprint density at radius 3 is 2.43 bits per heavy atom. The number of nitrogens with zero attached hydrogens (tertiary/aromatic N) is 1. The highest BCUT2D eigenvalue weighted by molar-refractivity contribution is 6.47. The molecule has 3 rings (SSSR count). The first-order valence-corrected chi connectivity index (χ1v) is 6.98. The zero-order chi connectivity index (χ0) is 14.5. The summed E-state index contributed by atoms with van der Waals surface area (Å²) in [7, 11) is 0. The number of ketones is 1. The molecule has 0 fully saturated rings. The lowest BCUT2D eigenvalue weighted by Gasteiger charge is -2.06. The van der Waals surface area contributed by atoms with Gasteiger partial charge in [0.15, 0.2) is 0 Å². The molecule has 0 aromatic heterocycles. The molecule has 104 valence electrons. The molecule has 1 N–H and O–H groups in total. The van der Waals surface area contributed by atoms with Gasteiger partial charge in [-0.2, -0.15) is 5.10 Å². The number of Topliss-reactive ketones (excluding diaryl/α,β-unsaturated/α-hetero) is 1. The van der Waals surface area contributed by atoms with Crippen molar-refractivity contribution in [2.45, 2.75) is 0 Å². The first-order chi connectivity index (χ1) is 10.3. The van der Waals surface area contributed by atoms with Crippen LogP contribution >= 0.6 is 0 Å². The Hall–Kier alpha value is -2.68.